The van der Waals surface area contributed by atoms with Crippen LogP contribution in [0.25, 0.3) is 0 Å². The van der Waals surface area contributed by atoms with Gasteiger partial charge in [0.05, 0.1) is 0 Å². The van der Waals surface area contributed by atoms with E-state index in [9.17, 15) is 5.11 Å². The summed E-state index contributed by atoms with van der Waals surface area (Å²) in [5.74, 6) is 3.51. The summed E-state index contributed by atoms with van der Waals surface area (Å²) in [7, 11) is 2.04. The van der Waals surface area contributed by atoms with Gasteiger partial charge in [-0.1, -0.05) is 19.9 Å². The molecule has 1 aliphatic rings. The van der Waals surface area contributed by atoms with Crippen molar-refractivity contribution in [2.75, 3.05) is 33.5 Å². The van der Waals surface area contributed by atoms with Crippen molar-refractivity contribution < 1.29 is 14.6 Å². The lowest BCUT2D eigenvalue weighted by Crippen LogP contribution is -2.38. The molecule has 27 heavy (non-hydrogen) atoms. The number of fused-ring (bicyclic) bond motifs is 1. The third-order valence-electron chi connectivity index (χ3n) is 4.39. The zero-order valence-corrected chi connectivity index (χ0v) is 19.2. The van der Waals surface area contributed by atoms with Gasteiger partial charge in [0.2, 0.25) is 6.79 Å². The number of benzene rings is 1. The number of ether oxygens (including phenoxy) is 2. The maximum Gasteiger partial charge on any atom is 0.231 e. The molecule has 0 amide bonds. The van der Waals surface area contributed by atoms with Gasteiger partial charge in [-0.25, -0.2) is 0 Å². The molecule has 1 aliphatic heterocycles. The number of hydrogen-bond donors (Lipinski definition) is 2. The molecule has 0 spiro atoms. The molecule has 0 aromatic heterocycles. The molecule has 2 rings (SSSR count). The topological polar surface area (TPSA) is 66.3 Å². The average Bonchev–Trinajstić information content (AvgIpc) is 3.05. The molecule has 1 unspecified atom stereocenters. The van der Waals surface area contributed by atoms with E-state index < -0.39 is 0 Å². The summed E-state index contributed by atoms with van der Waals surface area (Å²) < 4.78 is 10.8. The number of hydrogen-bond acceptors (Lipinski definition) is 4. The van der Waals surface area contributed by atoms with Gasteiger partial charge in [-0.05, 0) is 49.3 Å². The molecule has 6 nitrogen and oxygen atoms in total. The Labute approximate surface area is 180 Å². The predicted molar refractivity (Wildman–Crippen MR) is 120 cm³/mol. The lowest BCUT2D eigenvalue weighted by atomic mass is 9.94. The summed E-state index contributed by atoms with van der Waals surface area (Å²) in [6.45, 7) is 9.29. The highest BCUT2D eigenvalue weighted by molar-refractivity contribution is 14.0. The van der Waals surface area contributed by atoms with E-state index in [2.05, 4.69) is 37.1 Å². The van der Waals surface area contributed by atoms with E-state index >= 15 is 0 Å². The van der Waals surface area contributed by atoms with Crippen LogP contribution in [0.5, 0.6) is 11.5 Å². The summed E-state index contributed by atoms with van der Waals surface area (Å²) in [6.07, 6.45) is 1.88. The van der Waals surface area contributed by atoms with E-state index in [1.807, 2.05) is 19.2 Å². The van der Waals surface area contributed by atoms with Crippen LogP contribution in [-0.2, 0) is 6.54 Å². The van der Waals surface area contributed by atoms with Crippen molar-refractivity contribution in [2.24, 2.45) is 16.8 Å². The van der Waals surface area contributed by atoms with Crippen LogP contribution in [0.4, 0.5) is 0 Å². The first-order chi connectivity index (χ1) is 12.5. The second kappa shape index (κ2) is 12.3. The lowest BCUT2D eigenvalue weighted by molar-refractivity contribution is 0.174. The molecule has 7 heteroatoms. The minimum atomic E-state index is 0. The van der Waals surface area contributed by atoms with Crippen LogP contribution in [0.1, 0.15) is 39.2 Å². The molecule has 1 atom stereocenters. The van der Waals surface area contributed by atoms with Gasteiger partial charge in [-0.2, -0.15) is 0 Å². The predicted octanol–water partition coefficient (Wildman–Crippen LogP) is 3.48. The Kier molecular flexibility index (Phi) is 10.8. The third kappa shape index (κ3) is 7.73. The highest BCUT2D eigenvalue weighted by atomic mass is 127. The fourth-order valence-corrected chi connectivity index (χ4v) is 3.21. The molecule has 0 radical (unpaired) electrons. The van der Waals surface area contributed by atoms with Crippen molar-refractivity contribution in [3.8, 4) is 11.5 Å². The molecular formula is C20H34IN3O3. The number of rotatable bonds is 9. The summed E-state index contributed by atoms with van der Waals surface area (Å²) in [5.41, 5.74) is 1.15. The SMILES string of the molecule is CCNC(=NCC(CCO)CC(C)C)N(C)Cc1ccc2c(c1)OCO2.I. The van der Waals surface area contributed by atoms with Gasteiger partial charge >= 0.3 is 0 Å². The highest BCUT2D eigenvalue weighted by Gasteiger charge is 2.15. The molecule has 2 N–H and O–H groups in total. The Morgan fingerprint density at radius 2 is 2.04 bits per heavy atom. The number of nitrogens with zero attached hydrogens (tertiary/aromatic N) is 2. The molecule has 0 saturated heterocycles. The van der Waals surface area contributed by atoms with Crippen molar-refractivity contribution >= 4 is 29.9 Å². The van der Waals surface area contributed by atoms with E-state index in [0.717, 1.165) is 55.5 Å². The van der Waals surface area contributed by atoms with Crippen LogP contribution in [0.15, 0.2) is 23.2 Å². The first kappa shape index (κ1) is 23.8. The summed E-state index contributed by atoms with van der Waals surface area (Å²) in [4.78, 5) is 6.94. The van der Waals surface area contributed by atoms with Crippen molar-refractivity contribution in [2.45, 2.75) is 40.2 Å². The van der Waals surface area contributed by atoms with Crippen LogP contribution in [-0.4, -0.2) is 49.5 Å². The third-order valence-corrected chi connectivity index (χ3v) is 4.39. The molecule has 0 aliphatic carbocycles. The zero-order chi connectivity index (χ0) is 18.9. The van der Waals surface area contributed by atoms with E-state index in [1.54, 1.807) is 0 Å². The minimum Gasteiger partial charge on any atom is -0.454 e. The maximum atomic E-state index is 9.30. The Balaban J connectivity index is 0.00000364. The van der Waals surface area contributed by atoms with Crippen LogP contribution in [0.2, 0.25) is 0 Å². The van der Waals surface area contributed by atoms with Crippen LogP contribution < -0.4 is 14.8 Å². The van der Waals surface area contributed by atoms with Gasteiger partial charge in [0.15, 0.2) is 17.5 Å². The van der Waals surface area contributed by atoms with Crippen molar-refractivity contribution in [1.29, 1.82) is 0 Å². The van der Waals surface area contributed by atoms with Gasteiger partial charge in [-0.3, -0.25) is 4.99 Å². The summed E-state index contributed by atoms with van der Waals surface area (Å²) in [6, 6.07) is 6.03. The number of guanidine groups is 1. The lowest BCUT2D eigenvalue weighted by Gasteiger charge is -2.23. The van der Waals surface area contributed by atoms with Crippen LogP contribution in [0, 0.1) is 11.8 Å². The fourth-order valence-electron chi connectivity index (χ4n) is 3.21. The van der Waals surface area contributed by atoms with Crippen molar-refractivity contribution in [3.05, 3.63) is 23.8 Å². The Morgan fingerprint density at radius 1 is 1.30 bits per heavy atom. The number of aliphatic hydroxyl groups excluding tert-OH is 1. The van der Waals surface area contributed by atoms with E-state index in [0.29, 0.717) is 18.6 Å². The van der Waals surface area contributed by atoms with Crippen LogP contribution in [0.3, 0.4) is 0 Å². The zero-order valence-electron chi connectivity index (χ0n) is 16.9. The molecule has 154 valence electrons. The molecule has 0 bridgehead atoms. The van der Waals surface area contributed by atoms with Gasteiger partial charge < -0.3 is 24.8 Å². The largest absolute Gasteiger partial charge is 0.454 e. The monoisotopic (exact) mass is 491 g/mol. The van der Waals surface area contributed by atoms with Gasteiger partial charge in [0.25, 0.3) is 0 Å². The molecule has 1 aromatic rings. The Bertz CT molecular complexity index is 596. The number of aliphatic hydroxyl groups is 1. The fraction of sp³-hybridized carbons (Fsp3) is 0.650. The minimum absolute atomic E-state index is 0. The van der Waals surface area contributed by atoms with Crippen molar-refractivity contribution in [3.63, 3.8) is 0 Å². The second-order valence-electron chi connectivity index (χ2n) is 7.25. The normalized spacial score (nSPS) is 14.1. The van der Waals surface area contributed by atoms with E-state index in [1.165, 1.54) is 0 Å². The standard InChI is InChI=1S/C20H33N3O3.HI/c1-5-21-20(22-12-16(8-9-24)10-15(2)3)23(4)13-17-6-7-18-19(11-17)26-14-25-18;/h6-7,11,15-16,24H,5,8-10,12-14H2,1-4H3,(H,21,22);1H. The number of nitrogens with one attached hydrogen (secondary N) is 1. The molecule has 0 fully saturated rings. The Hall–Kier alpha value is -1.22. The van der Waals surface area contributed by atoms with E-state index in [4.69, 9.17) is 14.5 Å². The Morgan fingerprint density at radius 3 is 2.70 bits per heavy atom. The smallest absolute Gasteiger partial charge is 0.231 e. The van der Waals surface area contributed by atoms with Gasteiger partial charge in [-0.15, -0.1) is 24.0 Å². The molecular weight excluding hydrogens is 457 g/mol. The van der Waals surface area contributed by atoms with Crippen molar-refractivity contribution in [1.82, 2.24) is 10.2 Å². The first-order valence-corrected chi connectivity index (χ1v) is 9.52. The number of aliphatic imine (C=N–C) groups is 1. The van der Waals surface area contributed by atoms with Crippen LogP contribution >= 0.6 is 24.0 Å². The molecule has 0 saturated carbocycles. The maximum absolute atomic E-state index is 9.30. The summed E-state index contributed by atoms with van der Waals surface area (Å²) >= 11 is 0. The highest BCUT2D eigenvalue weighted by Crippen LogP contribution is 2.32. The number of halogens is 1. The van der Waals surface area contributed by atoms with Gasteiger partial charge in [0, 0.05) is 33.3 Å². The second-order valence-corrected chi connectivity index (χ2v) is 7.25. The molecule has 1 aromatic carbocycles. The quantitative estimate of drug-likeness (QED) is 0.315. The average molecular weight is 491 g/mol. The molecule has 1 heterocycles. The van der Waals surface area contributed by atoms with Gasteiger partial charge in [0.1, 0.15) is 0 Å². The first-order valence-electron chi connectivity index (χ1n) is 9.52. The van der Waals surface area contributed by atoms with E-state index in [-0.39, 0.29) is 30.6 Å². The summed E-state index contributed by atoms with van der Waals surface area (Å²) in [5, 5.41) is 12.7.